The highest BCUT2D eigenvalue weighted by Gasteiger charge is 2.53. The number of benzene rings is 1. The first-order valence-electron chi connectivity index (χ1n) is 17.9. The molecule has 0 aliphatic heterocycles. The van der Waals surface area contributed by atoms with E-state index < -0.39 is 0 Å². The molecule has 4 aliphatic rings. The van der Waals surface area contributed by atoms with Crippen molar-refractivity contribution in [2.45, 2.75) is 161 Å². The molecule has 0 heterocycles. The van der Waals surface area contributed by atoms with Crippen LogP contribution in [0, 0.1) is 23.2 Å². The molecule has 0 amide bonds. The Balaban J connectivity index is 1.07. The summed E-state index contributed by atoms with van der Waals surface area (Å²) >= 11 is 0. The average molecular weight is 580 g/mol. The number of unbranched alkanes of at least 4 members (excludes halogenated alkanes) is 14. The van der Waals surface area contributed by atoms with E-state index in [2.05, 4.69) is 13.8 Å². The van der Waals surface area contributed by atoms with Crippen molar-refractivity contribution in [2.24, 2.45) is 28.2 Å². The number of carbonyl (C=O) groups excluding carboxylic acids is 1. The lowest BCUT2D eigenvalue weighted by Gasteiger charge is -2.58. The maximum atomic E-state index is 12.5. The number of aliphatic imine (C=N–C) groups is 1. The topological polar surface area (TPSA) is 47.9 Å². The highest BCUT2D eigenvalue weighted by Crippen LogP contribution is 2.61. The standard InChI is InChI=1S/C38H61NO3/c1-4-5-6-7-8-9-10-11-12-13-14-15-16-17-18-19-37(40)42-35-21-20-31(25-36(35)41-3)29-39-30(2)38-26-32-22-33(27-38)24-34(23-32)28-38/h20-21,25,29-30,32-34H,4-19,22-24,26-28H2,1-3H3. The molecule has 4 saturated carbocycles. The Bertz CT molecular complexity index is 934. The van der Waals surface area contributed by atoms with Crippen molar-refractivity contribution in [3.8, 4) is 11.5 Å². The van der Waals surface area contributed by atoms with Crippen LogP contribution >= 0.6 is 0 Å². The molecule has 1 atom stereocenters. The lowest BCUT2D eigenvalue weighted by Crippen LogP contribution is -2.50. The molecule has 1 aromatic rings. The van der Waals surface area contributed by atoms with Crippen LogP contribution in [0.4, 0.5) is 0 Å². The van der Waals surface area contributed by atoms with E-state index in [0.29, 0.717) is 29.4 Å². The van der Waals surface area contributed by atoms with Crippen LogP contribution in [0.5, 0.6) is 11.5 Å². The number of ether oxygens (including phenoxy) is 2. The molecule has 5 rings (SSSR count). The Morgan fingerprint density at radius 1 is 0.810 bits per heavy atom. The fraction of sp³-hybridized carbons (Fsp3) is 0.789. The van der Waals surface area contributed by atoms with Crippen LogP contribution in [0.1, 0.15) is 161 Å². The third kappa shape index (κ3) is 10.1. The van der Waals surface area contributed by atoms with Gasteiger partial charge in [0.15, 0.2) is 11.5 Å². The maximum absolute atomic E-state index is 12.5. The number of nitrogens with zero attached hydrogens (tertiary/aromatic N) is 1. The average Bonchev–Trinajstić information content (AvgIpc) is 2.97. The monoisotopic (exact) mass is 579 g/mol. The fourth-order valence-electron chi connectivity index (χ4n) is 8.71. The smallest absolute Gasteiger partial charge is 0.311 e. The highest BCUT2D eigenvalue weighted by atomic mass is 16.6. The van der Waals surface area contributed by atoms with Crippen molar-refractivity contribution >= 4 is 12.2 Å². The Kier molecular flexibility index (Phi) is 13.7. The molecule has 0 saturated heterocycles. The summed E-state index contributed by atoms with van der Waals surface area (Å²) in [6.45, 7) is 4.61. The zero-order valence-electron chi connectivity index (χ0n) is 27.3. The van der Waals surface area contributed by atoms with Gasteiger partial charge in [-0.3, -0.25) is 9.79 Å². The second-order valence-corrected chi connectivity index (χ2v) is 14.3. The summed E-state index contributed by atoms with van der Waals surface area (Å²) in [5.41, 5.74) is 1.42. The summed E-state index contributed by atoms with van der Waals surface area (Å²) in [5, 5.41) is 0. The number of esters is 1. The van der Waals surface area contributed by atoms with Gasteiger partial charge in [0.25, 0.3) is 0 Å². The van der Waals surface area contributed by atoms with Crippen molar-refractivity contribution < 1.29 is 14.3 Å². The summed E-state index contributed by atoms with van der Waals surface area (Å²) in [4.78, 5) is 17.6. The third-order valence-electron chi connectivity index (χ3n) is 10.8. The van der Waals surface area contributed by atoms with E-state index in [0.717, 1.165) is 36.2 Å². The van der Waals surface area contributed by atoms with Gasteiger partial charge in [0.05, 0.1) is 13.2 Å². The van der Waals surface area contributed by atoms with E-state index in [1.807, 2.05) is 24.4 Å². The van der Waals surface area contributed by atoms with Crippen molar-refractivity contribution in [3.63, 3.8) is 0 Å². The van der Waals surface area contributed by atoms with Crippen LogP contribution < -0.4 is 9.47 Å². The van der Waals surface area contributed by atoms with Gasteiger partial charge in [0.2, 0.25) is 0 Å². The van der Waals surface area contributed by atoms with Gasteiger partial charge in [-0.25, -0.2) is 0 Å². The minimum absolute atomic E-state index is 0.167. The van der Waals surface area contributed by atoms with Crippen LogP contribution in [0.25, 0.3) is 0 Å². The third-order valence-corrected chi connectivity index (χ3v) is 10.8. The Hall–Kier alpha value is -1.84. The van der Waals surface area contributed by atoms with E-state index in [1.165, 1.54) is 122 Å². The minimum atomic E-state index is -0.167. The molecule has 42 heavy (non-hydrogen) atoms. The first-order valence-corrected chi connectivity index (χ1v) is 17.9. The van der Waals surface area contributed by atoms with E-state index in [-0.39, 0.29) is 5.97 Å². The lowest BCUT2D eigenvalue weighted by molar-refractivity contribution is -0.134. The molecular formula is C38H61NO3. The molecule has 1 aromatic carbocycles. The molecule has 236 valence electrons. The number of hydrogen-bond donors (Lipinski definition) is 0. The van der Waals surface area contributed by atoms with Gasteiger partial charge in [-0.05, 0) is 98.8 Å². The predicted molar refractivity (Wildman–Crippen MR) is 176 cm³/mol. The second-order valence-electron chi connectivity index (χ2n) is 14.3. The predicted octanol–water partition coefficient (Wildman–Crippen LogP) is 10.9. The summed E-state index contributed by atoms with van der Waals surface area (Å²) < 4.78 is 11.3. The fourth-order valence-corrected chi connectivity index (χ4v) is 8.71. The molecule has 0 aromatic heterocycles. The summed E-state index contributed by atoms with van der Waals surface area (Å²) in [7, 11) is 1.64. The van der Waals surface area contributed by atoms with E-state index >= 15 is 0 Å². The van der Waals surface area contributed by atoms with Crippen LogP contribution in [0.15, 0.2) is 23.2 Å². The Labute approximate surface area is 257 Å². The van der Waals surface area contributed by atoms with Crippen LogP contribution in [0.3, 0.4) is 0 Å². The molecule has 1 unspecified atom stereocenters. The summed E-state index contributed by atoms with van der Waals surface area (Å²) in [5.74, 6) is 3.77. The van der Waals surface area contributed by atoms with Crippen LogP contribution in [-0.4, -0.2) is 25.3 Å². The largest absolute Gasteiger partial charge is 0.493 e. The number of carbonyl (C=O) groups is 1. The number of hydrogen-bond acceptors (Lipinski definition) is 4. The minimum Gasteiger partial charge on any atom is -0.493 e. The van der Waals surface area contributed by atoms with Gasteiger partial charge in [-0.2, -0.15) is 0 Å². The molecule has 0 spiro atoms. The zero-order valence-corrected chi connectivity index (χ0v) is 27.3. The van der Waals surface area contributed by atoms with Crippen molar-refractivity contribution in [2.75, 3.05) is 7.11 Å². The van der Waals surface area contributed by atoms with Crippen molar-refractivity contribution in [3.05, 3.63) is 23.8 Å². The van der Waals surface area contributed by atoms with Crippen LogP contribution in [0.2, 0.25) is 0 Å². The van der Waals surface area contributed by atoms with E-state index in [9.17, 15) is 4.79 Å². The number of methoxy groups -OCH3 is 1. The SMILES string of the molecule is CCCCCCCCCCCCCCCCCC(=O)Oc1ccc(C=NC(C)C23CC4CC(CC(C4)C2)C3)cc1OC. The summed E-state index contributed by atoms with van der Waals surface area (Å²) in [6.07, 6.45) is 30.8. The number of rotatable bonds is 21. The maximum Gasteiger partial charge on any atom is 0.311 e. The van der Waals surface area contributed by atoms with Crippen molar-refractivity contribution in [1.29, 1.82) is 0 Å². The van der Waals surface area contributed by atoms with Crippen molar-refractivity contribution in [1.82, 2.24) is 0 Å². The molecule has 4 heteroatoms. The van der Waals surface area contributed by atoms with E-state index in [1.54, 1.807) is 7.11 Å². The normalized spacial score (nSPS) is 25.3. The molecule has 4 bridgehead atoms. The van der Waals surface area contributed by atoms with Gasteiger partial charge < -0.3 is 9.47 Å². The molecule has 4 aliphatic carbocycles. The zero-order chi connectivity index (χ0) is 29.6. The molecular weight excluding hydrogens is 518 g/mol. The van der Waals surface area contributed by atoms with Gasteiger partial charge in [0, 0.05) is 12.6 Å². The quantitative estimate of drug-likeness (QED) is 0.0630. The van der Waals surface area contributed by atoms with E-state index in [4.69, 9.17) is 14.5 Å². The Morgan fingerprint density at radius 2 is 1.31 bits per heavy atom. The summed E-state index contributed by atoms with van der Waals surface area (Å²) in [6, 6.07) is 6.16. The van der Waals surface area contributed by atoms with Gasteiger partial charge in [-0.15, -0.1) is 0 Å². The first-order chi connectivity index (χ1) is 20.5. The highest BCUT2D eigenvalue weighted by molar-refractivity contribution is 5.82. The van der Waals surface area contributed by atoms with Crippen LogP contribution in [-0.2, 0) is 4.79 Å². The Morgan fingerprint density at radius 3 is 1.81 bits per heavy atom. The van der Waals surface area contributed by atoms with Gasteiger partial charge in [-0.1, -0.05) is 96.8 Å². The van der Waals surface area contributed by atoms with Gasteiger partial charge >= 0.3 is 5.97 Å². The lowest BCUT2D eigenvalue weighted by atomic mass is 9.48. The first kappa shape index (κ1) is 33.1. The molecule has 4 fully saturated rings. The van der Waals surface area contributed by atoms with Gasteiger partial charge in [0.1, 0.15) is 0 Å². The second kappa shape index (κ2) is 17.5. The molecule has 4 nitrogen and oxygen atoms in total. The molecule has 0 N–H and O–H groups in total. The molecule has 0 radical (unpaired) electrons.